The Balaban J connectivity index is 1.40. The molecule has 0 aliphatic heterocycles. The van der Waals surface area contributed by atoms with Gasteiger partial charge >= 0.3 is 0 Å². The first-order valence-electron chi connectivity index (χ1n) is 12.1. The van der Waals surface area contributed by atoms with Crippen LogP contribution >= 0.6 is 0 Å². The highest BCUT2D eigenvalue weighted by atomic mass is 14.7. The summed E-state index contributed by atoms with van der Waals surface area (Å²) >= 11 is 0. The van der Waals surface area contributed by atoms with Gasteiger partial charge in [-0.25, -0.2) is 0 Å². The maximum Gasteiger partial charge on any atom is -0.0140 e. The fraction of sp³-hybridized carbons (Fsp3) is 0.778. The molecular weight excluding hydrogens is 324 g/mol. The van der Waals surface area contributed by atoms with Gasteiger partial charge in [0.25, 0.3) is 0 Å². The molecule has 5 unspecified atom stereocenters. The minimum Gasteiger partial charge on any atom is -0.0996 e. The molecule has 1 spiro atoms. The summed E-state index contributed by atoms with van der Waals surface area (Å²) in [6.07, 6.45) is 22.2. The van der Waals surface area contributed by atoms with Crippen molar-refractivity contribution >= 4 is 0 Å². The van der Waals surface area contributed by atoms with Gasteiger partial charge in [0.15, 0.2) is 0 Å². The second-order valence-electron chi connectivity index (χ2n) is 10.9. The van der Waals surface area contributed by atoms with Crippen LogP contribution in [0.4, 0.5) is 0 Å². The molecule has 0 amide bonds. The van der Waals surface area contributed by atoms with Crippen molar-refractivity contribution in [1.29, 1.82) is 0 Å². The van der Waals surface area contributed by atoms with E-state index in [4.69, 9.17) is 0 Å². The molecular formula is C27H42. The molecule has 4 aliphatic rings. The molecule has 5 atom stereocenters. The fourth-order valence-corrected chi connectivity index (χ4v) is 7.33. The van der Waals surface area contributed by atoms with Gasteiger partial charge in [-0.2, -0.15) is 0 Å². The van der Waals surface area contributed by atoms with Crippen LogP contribution in [0.25, 0.3) is 0 Å². The van der Waals surface area contributed by atoms with Crippen LogP contribution in [0, 0.1) is 35.0 Å². The Bertz CT molecular complexity index is 618. The summed E-state index contributed by atoms with van der Waals surface area (Å²) in [7, 11) is 0. The third kappa shape index (κ3) is 3.75. The van der Waals surface area contributed by atoms with E-state index in [2.05, 4.69) is 39.5 Å². The van der Waals surface area contributed by atoms with E-state index < -0.39 is 0 Å². The Kier molecular flexibility index (Phi) is 5.73. The third-order valence-corrected chi connectivity index (χ3v) is 8.89. The van der Waals surface area contributed by atoms with Crippen LogP contribution < -0.4 is 0 Å². The highest BCUT2D eigenvalue weighted by molar-refractivity contribution is 5.29. The van der Waals surface area contributed by atoms with Crippen molar-refractivity contribution in [1.82, 2.24) is 0 Å². The zero-order valence-electron chi connectivity index (χ0n) is 18.2. The molecule has 0 N–H and O–H groups in total. The number of hydrogen-bond donors (Lipinski definition) is 0. The lowest BCUT2D eigenvalue weighted by Gasteiger charge is -2.57. The average Bonchev–Trinajstić information content (AvgIpc) is 2.92. The smallest absolute Gasteiger partial charge is 0.0140 e. The Labute approximate surface area is 168 Å². The third-order valence-electron chi connectivity index (χ3n) is 8.89. The first-order valence-corrected chi connectivity index (χ1v) is 12.1. The molecule has 0 nitrogen and oxygen atoms in total. The second-order valence-corrected chi connectivity index (χ2v) is 10.9. The molecule has 0 aromatic heterocycles. The van der Waals surface area contributed by atoms with Crippen LogP contribution in [0.5, 0.6) is 0 Å². The molecule has 4 rings (SSSR count). The molecule has 4 saturated carbocycles. The minimum atomic E-state index is 0.690. The van der Waals surface area contributed by atoms with E-state index in [1.54, 1.807) is 12.0 Å². The van der Waals surface area contributed by atoms with Gasteiger partial charge in [-0.05, 0) is 92.8 Å². The van der Waals surface area contributed by atoms with Crippen LogP contribution in [0.1, 0.15) is 97.8 Å². The van der Waals surface area contributed by atoms with E-state index in [9.17, 15) is 0 Å². The van der Waals surface area contributed by atoms with Gasteiger partial charge in [-0.15, -0.1) is 0 Å². The molecule has 150 valence electrons. The van der Waals surface area contributed by atoms with E-state index in [0.29, 0.717) is 5.92 Å². The number of allylic oxidation sites excluding steroid dienone is 5. The summed E-state index contributed by atoms with van der Waals surface area (Å²) in [4.78, 5) is 0. The quantitative estimate of drug-likeness (QED) is 0.429. The lowest BCUT2D eigenvalue weighted by molar-refractivity contribution is -0.0615. The molecule has 0 aromatic carbocycles. The first-order chi connectivity index (χ1) is 13.0. The highest BCUT2D eigenvalue weighted by Gasteiger charge is 2.61. The molecule has 0 heteroatoms. The predicted octanol–water partition coefficient (Wildman–Crippen LogP) is 8.26. The summed E-state index contributed by atoms with van der Waals surface area (Å²) in [5, 5.41) is 0. The molecule has 4 aliphatic carbocycles. The fourth-order valence-electron chi connectivity index (χ4n) is 7.33. The van der Waals surface area contributed by atoms with Gasteiger partial charge in [0.1, 0.15) is 0 Å². The van der Waals surface area contributed by atoms with Gasteiger partial charge in [0.2, 0.25) is 0 Å². The van der Waals surface area contributed by atoms with Crippen molar-refractivity contribution in [3.8, 4) is 0 Å². The Morgan fingerprint density at radius 1 is 1.15 bits per heavy atom. The van der Waals surface area contributed by atoms with E-state index in [1.807, 2.05) is 5.57 Å². The van der Waals surface area contributed by atoms with Crippen LogP contribution in [0.15, 0.2) is 35.5 Å². The lowest BCUT2D eigenvalue weighted by Crippen LogP contribution is -2.49. The Morgan fingerprint density at radius 3 is 2.78 bits per heavy atom. The topological polar surface area (TPSA) is 0 Å². The summed E-state index contributed by atoms with van der Waals surface area (Å²) in [6, 6.07) is 0. The number of rotatable bonds is 5. The summed E-state index contributed by atoms with van der Waals surface area (Å²) in [5.41, 5.74) is 5.71. The molecule has 0 saturated heterocycles. The molecule has 0 heterocycles. The van der Waals surface area contributed by atoms with Crippen molar-refractivity contribution in [2.24, 2.45) is 35.0 Å². The van der Waals surface area contributed by atoms with Crippen LogP contribution in [-0.4, -0.2) is 0 Å². The molecule has 0 aromatic rings. The minimum absolute atomic E-state index is 0.690. The zero-order chi connectivity index (χ0) is 19.0. The van der Waals surface area contributed by atoms with Gasteiger partial charge < -0.3 is 0 Å². The summed E-state index contributed by atoms with van der Waals surface area (Å²) in [6.45, 7) is 11.4. The average molecular weight is 367 g/mol. The molecule has 4 fully saturated rings. The predicted molar refractivity (Wildman–Crippen MR) is 118 cm³/mol. The SMILES string of the molecule is C=C1CC/C(=C/C=C2\CCCC34CC(CCCC(C)C)C3CCC24)CC1C. The maximum absolute atomic E-state index is 4.24. The van der Waals surface area contributed by atoms with Crippen LogP contribution in [0.2, 0.25) is 0 Å². The first kappa shape index (κ1) is 19.5. The standard InChI is InChI=1S/C27H42/c1-19(2)7-5-8-24-18-27-16-6-9-23(25(27)14-15-26(24)27)13-12-22-11-10-20(3)21(4)17-22/h12-13,19,21,24-26H,3,5-11,14-18H2,1-2,4H3/b22-12-,23-13+. The van der Waals surface area contributed by atoms with E-state index in [1.165, 1.54) is 76.2 Å². The van der Waals surface area contributed by atoms with Crippen molar-refractivity contribution in [2.45, 2.75) is 97.8 Å². The summed E-state index contributed by atoms with van der Waals surface area (Å²) in [5.74, 6) is 4.65. The van der Waals surface area contributed by atoms with Gasteiger partial charge in [-0.1, -0.05) is 75.5 Å². The largest absolute Gasteiger partial charge is 0.0996 e. The maximum atomic E-state index is 4.24. The van der Waals surface area contributed by atoms with E-state index in [-0.39, 0.29) is 0 Å². The van der Waals surface area contributed by atoms with E-state index in [0.717, 1.165) is 29.1 Å². The van der Waals surface area contributed by atoms with Crippen molar-refractivity contribution in [3.05, 3.63) is 35.5 Å². The molecule has 27 heavy (non-hydrogen) atoms. The zero-order valence-corrected chi connectivity index (χ0v) is 18.2. The van der Waals surface area contributed by atoms with Crippen molar-refractivity contribution in [2.75, 3.05) is 0 Å². The normalized spacial score (nSPS) is 41.7. The number of hydrogen-bond acceptors (Lipinski definition) is 0. The molecule has 0 bridgehead atoms. The monoisotopic (exact) mass is 366 g/mol. The second kappa shape index (κ2) is 7.92. The van der Waals surface area contributed by atoms with E-state index >= 15 is 0 Å². The van der Waals surface area contributed by atoms with Crippen LogP contribution in [0.3, 0.4) is 0 Å². The Hall–Kier alpha value is -0.780. The van der Waals surface area contributed by atoms with Crippen molar-refractivity contribution < 1.29 is 0 Å². The van der Waals surface area contributed by atoms with Crippen LogP contribution in [-0.2, 0) is 0 Å². The van der Waals surface area contributed by atoms with Gasteiger partial charge in [0, 0.05) is 0 Å². The van der Waals surface area contributed by atoms with Gasteiger partial charge in [-0.3, -0.25) is 0 Å². The lowest BCUT2D eigenvalue weighted by atomic mass is 9.47. The Morgan fingerprint density at radius 2 is 2.00 bits per heavy atom. The van der Waals surface area contributed by atoms with Crippen molar-refractivity contribution in [3.63, 3.8) is 0 Å². The highest BCUT2D eigenvalue weighted by Crippen LogP contribution is 2.70. The molecule has 0 radical (unpaired) electrons. The summed E-state index contributed by atoms with van der Waals surface area (Å²) < 4.78 is 0. The van der Waals surface area contributed by atoms with Gasteiger partial charge in [0.05, 0.1) is 0 Å².